The third-order valence-electron chi connectivity index (χ3n) is 3.63. The Balaban J connectivity index is 2.22. The minimum Gasteiger partial charge on any atom is -0.348 e. The van der Waals surface area contributed by atoms with Crippen molar-refractivity contribution in [3.05, 3.63) is 68.6 Å². The lowest BCUT2D eigenvalue weighted by Gasteiger charge is -2.11. The van der Waals surface area contributed by atoms with Crippen LogP contribution in [0.2, 0.25) is 0 Å². The number of nitrogens with one attached hydrogen (secondary N) is 1. The fourth-order valence-corrected chi connectivity index (χ4v) is 2.35. The molecule has 0 atom stereocenters. The summed E-state index contributed by atoms with van der Waals surface area (Å²) in [5, 5.41) is 2.82. The highest BCUT2D eigenvalue weighted by Gasteiger charge is 2.15. The Hall–Kier alpha value is -2.36. The van der Waals surface area contributed by atoms with E-state index < -0.39 is 0 Å². The zero-order chi connectivity index (χ0) is 15.6. The summed E-state index contributed by atoms with van der Waals surface area (Å²) < 4.78 is 1.49. The first kappa shape index (κ1) is 15.0. The number of nitrogens with zero attached hydrogens (tertiary/aromatic N) is 1. The van der Waals surface area contributed by atoms with Crippen LogP contribution >= 0.6 is 0 Å². The van der Waals surface area contributed by atoms with Crippen LogP contribution in [0.15, 0.2) is 35.1 Å². The van der Waals surface area contributed by atoms with E-state index in [1.165, 1.54) is 4.57 Å². The molecular formula is C17H20N2O2. The highest BCUT2D eigenvalue weighted by atomic mass is 16.2. The molecule has 0 saturated carbocycles. The minimum atomic E-state index is -0.324. The van der Waals surface area contributed by atoms with Gasteiger partial charge in [-0.1, -0.05) is 29.8 Å². The van der Waals surface area contributed by atoms with Gasteiger partial charge in [0.1, 0.15) is 5.56 Å². The van der Waals surface area contributed by atoms with E-state index in [9.17, 15) is 9.59 Å². The van der Waals surface area contributed by atoms with Crippen molar-refractivity contribution in [3.63, 3.8) is 0 Å². The van der Waals surface area contributed by atoms with Crippen molar-refractivity contribution >= 4 is 5.91 Å². The van der Waals surface area contributed by atoms with Crippen molar-refractivity contribution in [2.45, 2.75) is 27.3 Å². The maximum absolute atomic E-state index is 12.3. The number of carbonyl (C=O) groups excluding carboxylic acids is 1. The van der Waals surface area contributed by atoms with E-state index in [4.69, 9.17) is 0 Å². The first-order valence-corrected chi connectivity index (χ1v) is 6.91. The number of carbonyl (C=O) groups is 1. The van der Waals surface area contributed by atoms with E-state index in [2.05, 4.69) is 5.32 Å². The first-order chi connectivity index (χ1) is 9.90. The number of aromatic nitrogens is 1. The normalized spacial score (nSPS) is 10.5. The Morgan fingerprint density at radius 1 is 1.19 bits per heavy atom. The van der Waals surface area contributed by atoms with Crippen molar-refractivity contribution in [2.24, 2.45) is 7.05 Å². The van der Waals surface area contributed by atoms with Gasteiger partial charge in [0.05, 0.1) is 0 Å². The van der Waals surface area contributed by atoms with E-state index in [0.717, 1.165) is 16.8 Å². The second kappa shape index (κ2) is 5.95. The van der Waals surface area contributed by atoms with Crippen LogP contribution in [0.1, 0.15) is 32.7 Å². The second-order valence-electron chi connectivity index (χ2n) is 5.38. The summed E-state index contributed by atoms with van der Waals surface area (Å²) in [7, 11) is 1.68. The van der Waals surface area contributed by atoms with Crippen LogP contribution in [0.3, 0.4) is 0 Å². The molecule has 0 fully saturated rings. The van der Waals surface area contributed by atoms with Gasteiger partial charge >= 0.3 is 0 Å². The molecule has 0 bridgehead atoms. The molecule has 0 aliphatic heterocycles. The van der Waals surface area contributed by atoms with Crippen LogP contribution < -0.4 is 10.9 Å². The highest BCUT2D eigenvalue weighted by Crippen LogP contribution is 2.07. The van der Waals surface area contributed by atoms with Crippen LogP contribution in [-0.4, -0.2) is 10.5 Å². The molecule has 0 unspecified atom stereocenters. The summed E-state index contributed by atoms with van der Waals surface area (Å²) in [6.07, 6.45) is 0. The number of rotatable bonds is 3. The zero-order valence-electron chi connectivity index (χ0n) is 12.9. The number of hydrogen-bond donors (Lipinski definition) is 1. The average Bonchev–Trinajstić information content (AvgIpc) is 2.43. The SMILES string of the molecule is Cc1cccc(CNC(=O)c2c(C)cc(C)n(C)c2=O)c1. The molecule has 4 heteroatoms. The summed E-state index contributed by atoms with van der Waals surface area (Å²) in [5.74, 6) is -0.324. The van der Waals surface area contributed by atoms with Crippen molar-refractivity contribution in [1.29, 1.82) is 0 Å². The molecule has 110 valence electrons. The maximum Gasteiger partial charge on any atom is 0.263 e. The van der Waals surface area contributed by atoms with E-state index in [1.807, 2.05) is 44.2 Å². The molecule has 0 aliphatic rings. The summed E-state index contributed by atoms with van der Waals surface area (Å²) in [5.41, 5.74) is 3.67. The van der Waals surface area contributed by atoms with E-state index in [1.54, 1.807) is 14.0 Å². The lowest BCUT2D eigenvalue weighted by atomic mass is 10.1. The first-order valence-electron chi connectivity index (χ1n) is 6.91. The molecule has 2 rings (SSSR count). The standard InChI is InChI=1S/C17H20N2O2/c1-11-6-5-7-14(8-11)10-18-16(20)15-12(2)9-13(3)19(4)17(15)21/h5-9H,10H2,1-4H3,(H,18,20). The van der Waals surface area contributed by atoms with Crippen LogP contribution in [0.4, 0.5) is 0 Å². The highest BCUT2D eigenvalue weighted by molar-refractivity contribution is 5.95. The molecular weight excluding hydrogens is 264 g/mol. The molecule has 1 aromatic heterocycles. The molecule has 4 nitrogen and oxygen atoms in total. The molecule has 1 amide bonds. The van der Waals surface area contributed by atoms with Gasteiger partial charge in [0.2, 0.25) is 0 Å². The van der Waals surface area contributed by atoms with Crippen LogP contribution in [0, 0.1) is 20.8 Å². The Labute approximate surface area is 124 Å². The number of hydrogen-bond acceptors (Lipinski definition) is 2. The third kappa shape index (κ3) is 3.21. The number of pyridine rings is 1. The van der Waals surface area contributed by atoms with E-state index in [-0.39, 0.29) is 17.0 Å². The smallest absolute Gasteiger partial charge is 0.263 e. The van der Waals surface area contributed by atoms with Gasteiger partial charge in [0.25, 0.3) is 11.5 Å². The van der Waals surface area contributed by atoms with Gasteiger partial charge in [-0.3, -0.25) is 9.59 Å². The van der Waals surface area contributed by atoms with Gasteiger partial charge in [0, 0.05) is 19.3 Å². The predicted molar refractivity (Wildman–Crippen MR) is 83.5 cm³/mol. The molecule has 0 saturated heterocycles. The fraction of sp³-hybridized carbons (Fsp3) is 0.294. The molecule has 0 aliphatic carbocycles. The van der Waals surface area contributed by atoms with Gasteiger partial charge in [-0.15, -0.1) is 0 Å². The summed E-state index contributed by atoms with van der Waals surface area (Å²) in [6.45, 7) is 6.06. The van der Waals surface area contributed by atoms with Crippen molar-refractivity contribution in [2.75, 3.05) is 0 Å². The average molecular weight is 284 g/mol. The second-order valence-corrected chi connectivity index (χ2v) is 5.38. The number of amides is 1. The molecule has 0 spiro atoms. The minimum absolute atomic E-state index is 0.218. The van der Waals surface area contributed by atoms with Gasteiger partial charge < -0.3 is 9.88 Å². The topological polar surface area (TPSA) is 51.1 Å². The fourth-order valence-electron chi connectivity index (χ4n) is 2.35. The maximum atomic E-state index is 12.3. The van der Waals surface area contributed by atoms with E-state index in [0.29, 0.717) is 12.1 Å². The van der Waals surface area contributed by atoms with Crippen LogP contribution in [-0.2, 0) is 13.6 Å². The van der Waals surface area contributed by atoms with Crippen molar-refractivity contribution in [1.82, 2.24) is 9.88 Å². The molecule has 21 heavy (non-hydrogen) atoms. The Morgan fingerprint density at radius 3 is 2.57 bits per heavy atom. The third-order valence-corrected chi connectivity index (χ3v) is 3.63. The van der Waals surface area contributed by atoms with Gasteiger partial charge in [-0.2, -0.15) is 0 Å². The number of aryl methyl sites for hydroxylation is 3. The largest absolute Gasteiger partial charge is 0.348 e. The van der Waals surface area contributed by atoms with Crippen molar-refractivity contribution in [3.8, 4) is 0 Å². The van der Waals surface area contributed by atoms with E-state index >= 15 is 0 Å². The van der Waals surface area contributed by atoms with Crippen molar-refractivity contribution < 1.29 is 4.79 Å². The summed E-state index contributed by atoms with van der Waals surface area (Å²) in [4.78, 5) is 24.5. The molecule has 2 aromatic rings. The lowest BCUT2D eigenvalue weighted by molar-refractivity contribution is 0.0948. The van der Waals surface area contributed by atoms with Gasteiger partial charge in [0.15, 0.2) is 0 Å². The molecule has 1 heterocycles. The summed E-state index contributed by atoms with van der Waals surface area (Å²) in [6, 6.07) is 9.77. The van der Waals surface area contributed by atoms with Crippen LogP contribution in [0.25, 0.3) is 0 Å². The Morgan fingerprint density at radius 2 is 1.90 bits per heavy atom. The van der Waals surface area contributed by atoms with Crippen LogP contribution in [0.5, 0.6) is 0 Å². The Bertz CT molecular complexity index is 745. The predicted octanol–water partition coefficient (Wildman–Crippen LogP) is 2.24. The van der Waals surface area contributed by atoms with Gasteiger partial charge in [-0.25, -0.2) is 0 Å². The Kier molecular flexibility index (Phi) is 4.26. The monoisotopic (exact) mass is 284 g/mol. The lowest BCUT2D eigenvalue weighted by Crippen LogP contribution is -2.33. The molecule has 0 radical (unpaired) electrons. The zero-order valence-corrected chi connectivity index (χ0v) is 12.9. The summed E-state index contributed by atoms with van der Waals surface area (Å²) >= 11 is 0. The molecule has 1 N–H and O–H groups in total. The van der Waals surface area contributed by atoms with Gasteiger partial charge in [-0.05, 0) is 38.0 Å². The number of benzene rings is 1. The molecule has 1 aromatic carbocycles. The quantitative estimate of drug-likeness (QED) is 0.939.